The van der Waals surface area contributed by atoms with Crippen LogP contribution in [-0.2, 0) is 47.4 Å². The largest absolute Gasteiger partial charge is 0.502 e. The third-order valence-electron chi connectivity index (χ3n) is 9.02. The second-order valence-corrected chi connectivity index (χ2v) is 44.9. The predicted octanol–water partition coefficient (Wildman–Crippen LogP) is 5.99. The lowest BCUT2D eigenvalue weighted by molar-refractivity contribution is 0.119. The molecule has 0 aliphatic heterocycles. The minimum absolute atomic E-state index is 0.0155. The fourth-order valence-corrected chi connectivity index (χ4v) is 42.1. The van der Waals surface area contributed by atoms with Crippen LogP contribution in [0.3, 0.4) is 0 Å². The van der Waals surface area contributed by atoms with Gasteiger partial charge in [-0.05, 0) is 124 Å². The van der Waals surface area contributed by atoms with Crippen LogP contribution in [0, 0.1) is 0 Å². The molecular formula is C30H78N2O11Si9. The highest BCUT2D eigenvalue weighted by Gasteiger charge is 2.56. The van der Waals surface area contributed by atoms with Crippen molar-refractivity contribution in [3.63, 3.8) is 0 Å². The quantitative estimate of drug-likeness (QED) is 0.0602. The van der Waals surface area contributed by atoms with Gasteiger partial charge in [0.05, 0.1) is 9.52 Å². The lowest BCUT2D eigenvalue weighted by Gasteiger charge is -2.45. The van der Waals surface area contributed by atoms with Gasteiger partial charge in [-0.25, -0.2) is 0 Å². The maximum atomic E-state index is 7.02. The van der Waals surface area contributed by atoms with Crippen molar-refractivity contribution in [1.29, 1.82) is 0 Å². The van der Waals surface area contributed by atoms with E-state index >= 15 is 0 Å². The first-order valence-electron chi connectivity index (χ1n) is 18.3. The smallest absolute Gasteiger partial charge is 0.436 e. The zero-order valence-electron chi connectivity index (χ0n) is 36.7. The first-order chi connectivity index (χ1) is 23.8. The van der Waals surface area contributed by atoms with E-state index in [-0.39, 0.29) is 5.16 Å². The van der Waals surface area contributed by atoms with E-state index in [1.54, 1.807) is 49.8 Å². The average Bonchev–Trinajstić information content (AvgIpc) is 3.02. The molecule has 310 valence electrons. The monoisotopic (exact) mass is 894 g/mol. The third-order valence-corrected chi connectivity index (χ3v) is 40.2. The fourth-order valence-electron chi connectivity index (χ4n) is 6.81. The topological polar surface area (TPSA) is 108 Å². The predicted molar refractivity (Wildman–Crippen MR) is 231 cm³/mol. The van der Waals surface area contributed by atoms with Gasteiger partial charge < -0.3 is 47.4 Å². The molecule has 0 saturated carbocycles. The van der Waals surface area contributed by atoms with Crippen LogP contribution in [0.4, 0.5) is 0 Å². The number of nitrogens with zero attached hydrogens (tertiary/aromatic N) is 2. The van der Waals surface area contributed by atoms with Gasteiger partial charge in [0, 0.05) is 60.7 Å². The molecule has 52 heavy (non-hydrogen) atoms. The summed E-state index contributed by atoms with van der Waals surface area (Å²) in [5.41, 5.74) is 0. The van der Waals surface area contributed by atoms with E-state index in [1.165, 1.54) is 0 Å². The minimum atomic E-state index is -2.88. The lowest BCUT2D eigenvalue weighted by Crippen LogP contribution is -2.62. The molecule has 0 aliphatic rings. The van der Waals surface area contributed by atoms with Crippen LogP contribution in [-0.4, -0.2) is 172 Å². The second-order valence-electron chi connectivity index (χ2n) is 15.7. The van der Waals surface area contributed by atoms with Crippen molar-refractivity contribution >= 4 is 79.2 Å². The number of hydrogen-bond acceptors (Lipinski definition) is 13. The Morgan fingerprint density at radius 2 is 0.923 bits per heavy atom. The van der Waals surface area contributed by atoms with Crippen molar-refractivity contribution in [1.82, 2.24) is 9.80 Å². The van der Waals surface area contributed by atoms with Crippen molar-refractivity contribution < 1.29 is 47.4 Å². The lowest BCUT2D eigenvalue weighted by atomic mass is 10.4. The molecule has 0 heterocycles. The van der Waals surface area contributed by atoms with Crippen LogP contribution in [0.2, 0.25) is 94.8 Å². The highest BCUT2D eigenvalue weighted by Crippen LogP contribution is 2.36. The van der Waals surface area contributed by atoms with E-state index in [9.17, 15) is 0 Å². The summed E-state index contributed by atoms with van der Waals surface area (Å²) < 4.78 is 67.3. The molecule has 0 aromatic heterocycles. The van der Waals surface area contributed by atoms with Gasteiger partial charge in [0.15, 0.2) is 16.6 Å². The Morgan fingerprint density at radius 1 is 0.558 bits per heavy atom. The molecule has 0 saturated heterocycles. The van der Waals surface area contributed by atoms with Crippen molar-refractivity contribution in [2.75, 3.05) is 77.0 Å². The van der Waals surface area contributed by atoms with E-state index in [2.05, 4.69) is 96.3 Å². The van der Waals surface area contributed by atoms with Gasteiger partial charge >= 0.3 is 53.1 Å². The van der Waals surface area contributed by atoms with Gasteiger partial charge in [0.1, 0.15) is 0 Å². The number of hydrogen-bond donors (Lipinski definition) is 0. The summed E-state index contributed by atoms with van der Waals surface area (Å²) in [4.78, 5) is 5.01. The summed E-state index contributed by atoms with van der Waals surface area (Å²) in [7, 11) is -0.240. The molecule has 0 amide bonds. The maximum Gasteiger partial charge on any atom is 0.502 e. The van der Waals surface area contributed by atoms with Gasteiger partial charge in [-0.15, -0.1) is 0 Å². The third kappa shape index (κ3) is 19.7. The Kier molecular flexibility index (Phi) is 25.0. The Hall–Kier alpha value is 1.43. The molecule has 1 unspecified atom stereocenters. The molecule has 22 heteroatoms. The summed E-state index contributed by atoms with van der Waals surface area (Å²) >= 11 is 0. The van der Waals surface area contributed by atoms with E-state index < -0.39 is 69.7 Å². The molecule has 13 nitrogen and oxygen atoms in total. The second kappa shape index (κ2) is 24.4. The Morgan fingerprint density at radius 3 is 1.29 bits per heavy atom. The van der Waals surface area contributed by atoms with Crippen LogP contribution in [0.1, 0.15) is 19.8 Å². The highest BCUT2D eigenvalue weighted by molar-refractivity contribution is 6.94. The summed E-state index contributed by atoms with van der Waals surface area (Å²) in [6.45, 7) is 26.0. The van der Waals surface area contributed by atoms with Crippen LogP contribution in [0.25, 0.3) is 0 Å². The molecule has 0 fully saturated rings. The van der Waals surface area contributed by atoms with Gasteiger partial charge in [0.25, 0.3) is 0 Å². The van der Waals surface area contributed by atoms with E-state index in [0.717, 1.165) is 59.6 Å². The van der Waals surface area contributed by atoms with Crippen LogP contribution in [0.15, 0.2) is 0 Å². The first-order valence-corrected chi connectivity index (χ1v) is 39.0. The molecule has 0 aromatic carbocycles. The normalized spacial score (nSPS) is 14.9. The van der Waals surface area contributed by atoms with Crippen molar-refractivity contribution in [3.05, 3.63) is 0 Å². The molecular weight excluding hydrogens is 817 g/mol. The summed E-state index contributed by atoms with van der Waals surface area (Å²) in [5.74, 6) is 0.347. The zero-order chi connectivity index (χ0) is 40.6. The maximum absolute atomic E-state index is 7.02. The molecule has 0 bridgehead atoms. The fraction of sp³-hybridized carbons (Fsp3) is 1.00. The molecule has 1 atom stereocenters. The van der Waals surface area contributed by atoms with Crippen molar-refractivity contribution in [2.45, 2.75) is 120 Å². The Balaban J connectivity index is 5.55. The summed E-state index contributed by atoms with van der Waals surface area (Å²) in [6, 6.07) is 4.11. The minimum Gasteiger partial charge on any atom is -0.436 e. The standard InChI is InChI=1S/C30H78N2O11Si9/c1-29(52(37-8,38-9)39-10)48(13,14)41-50(17,18)43-51(19,20)42-49(15,16)40-47(11,12)28-25-44-30(31(2)23-21-26-45(33-4)34-5)32(3)24-22-27-46(35-6)36-7/h29-30H,21-28H2,1-20H3. The van der Waals surface area contributed by atoms with Gasteiger partial charge in [-0.2, -0.15) is 0 Å². The van der Waals surface area contributed by atoms with Gasteiger partial charge in [0.2, 0.25) is 0 Å². The van der Waals surface area contributed by atoms with Gasteiger partial charge in [-0.3, -0.25) is 9.80 Å². The van der Waals surface area contributed by atoms with E-state index in [0.29, 0.717) is 5.79 Å². The summed E-state index contributed by atoms with van der Waals surface area (Å²) in [5, 5.41) is 0.0155. The molecule has 4 radical (unpaired) electrons. The average molecular weight is 896 g/mol. The van der Waals surface area contributed by atoms with Crippen molar-refractivity contribution in [3.8, 4) is 0 Å². The highest BCUT2D eigenvalue weighted by atomic mass is 28.5. The van der Waals surface area contributed by atoms with Crippen LogP contribution in [0.5, 0.6) is 0 Å². The Labute approximate surface area is 332 Å². The molecule has 0 spiro atoms. The SMILES string of the molecule is CO[Si](CCCN(C)C([Si]CC[Si](C)(C)O[Si](C)(C)O[Si](C)(C)O[Si](C)(C)O[Si](C)(C)C(C)[Si](OC)(OC)OC)N(C)CCC[Si](OC)OC)OC. The van der Waals surface area contributed by atoms with E-state index in [1.807, 2.05) is 0 Å². The van der Waals surface area contributed by atoms with Crippen LogP contribution < -0.4 is 0 Å². The molecule has 0 rings (SSSR count). The van der Waals surface area contributed by atoms with Crippen LogP contribution >= 0.6 is 0 Å². The van der Waals surface area contributed by atoms with E-state index in [4.69, 9.17) is 47.4 Å². The van der Waals surface area contributed by atoms with Crippen molar-refractivity contribution in [2.24, 2.45) is 0 Å². The van der Waals surface area contributed by atoms with Gasteiger partial charge in [-0.1, -0.05) is 13.0 Å². The first kappa shape index (κ1) is 53.4. The Bertz CT molecular complexity index is 933. The molecule has 0 aliphatic carbocycles. The molecule has 0 aromatic rings. The molecule has 0 N–H and O–H groups in total. The zero-order valence-corrected chi connectivity index (χ0v) is 45.7. The number of rotatable bonds is 31. The summed E-state index contributed by atoms with van der Waals surface area (Å²) in [6.07, 6.45) is 2.09.